The predicted octanol–water partition coefficient (Wildman–Crippen LogP) is 2.91. The maximum Gasteiger partial charge on any atom is 0.260 e. The third-order valence-electron chi connectivity index (χ3n) is 2.56. The zero-order valence-corrected chi connectivity index (χ0v) is 10.9. The van der Waals surface area contributed by atoms with Crippen LogP contribution in [0, 0.1) is 18.6 Å². The molecule has 0 atom stereocenters. The van der Waals surface area contributed by atoms with Crippen LogP contribution in [0.25, 0.3) is 0 Å². The number of rotatable bonds is 2. The zero-order chi connectivity index (χ0) is 14.2. The first-order chi connectivity index (χ1) is 8.90. The Labute approximate surface area is 113 Å². The minimum atomic E-state index is -1.04. The molecule has 0 radical (unpaired) electrons. The van der Waals surface area contributed by atoms with Crippen molar-refractivity contribution < 1.29 is 13.6 Å². The van der Waals surface area contributed by atoms with Gasteiger partial charge in [-0.1, -0.05) is 11.6 Å². The molecule has 100 valence electrons. The third kappa shape index (κ3) is 2.58. The van der Waals surface area contributed by atoms with E-state index < -0.39 is 17.5 Å². The molecule has 0 unspecified atom stereocenters. The molecule has 1 heterocycles. The summed E-state index contributed by atoms with van der Waals surface area (Å²) in [6, 6.07) is 3.09. The third-order valence-corrected chi connectivity index (χ3v) is 2.99. The largest absolute Gasteiger partial charge is 0.322 e. The summed E-state index contributed by atoms with van der Waals surface area (Å²) in [5.74, 6) is -2.54. The van der Waals surface area contributed by atoms with Crippen LogP contribution in [0.15, 0.2) is 18.2 Å². The van der Waals surface area contributed by atoms with Crippen LogP contribution in [-0.4, -0.2) is 15.7 Å². The van der Waals surface area contributed by atoms with Crippen molar-refractivity contribution >= 4 is 23.2 Å². The van der Waals surface area contributed by atoms with E-state index in [1.807, 2.05) is 0 Å². The van der Waals surface area contributed by atoms with Gasteiger partial charge in [-0.25, -0.2) is 8.78 Å². The second-order valence-electron chi connectivity index (χ2n) is 3.96. The molecule has 0 saturated heterocycles. The molecule has 2 rings (SSSR count). The molecule has 1 N–H and O–H groups in total. The molecule has 1 aromatic carbocycles. The molecule has 0 aliphatic heterocycles. The number of hydrogen-bond donors (Lipinski definition) is 1. The fraction of sp³-hybridized carbons (Fsp3) is 0.167. The summed E-state index contributed by atoms with van der Waals surface area (Å²) in [5.41, 5.74) is 0.796. The van der Waals surface area contributed by atoms with Crippen LogP contribution >= 0.6 is 11.6 Å². The van der Waals surface area contributed by atoms with Crippen LogP contribution in [0.2, 0.25) is 5.15 Å². The Balaban J connectivity index is 2.28. The van der Waals surface area contributed by atoms with E-state index in [0.29, 0.717) is 5.69 Å². The SMILES string of the molecule is Cc1nn(C)c(Cl)c1C(=O)Nc1ccc(F)c(F)c1. The maximum atomic E-state index is 13.0. The molecule has 2 aromatic rings. The van der Waals surface area contributed by atoms with Crippen molar-refractivity contribution in [2.45, 2.75) is 6.92 Å². The molecular weight excluding hydrogens is 276 g/mol. The second kappa shape index (κ2) is 4.97. The van der Waals surface area contributed by atoms with Crippen molar-refractivity contribution in [1.29, 1.82) is 0 Å². The van der Waals surface area contributed by atoms with Gasteiger partial charge in [0.1, 0.15) is 5.15 Å². The molecule has 0 fully saturated rings. The van der Waals surface area contributed by atoms with Gasteiger partial charge in [0.25, 0.3) is 5.91 Å². The number of carbonyl (C=O) groups is 1. The number of benzene rings is 1. The van der Waals surface area contributed by atoms with Gasteiger partial charge in [0, 0.05) is 18.8 Å². The minimum absolute atomic E-state index is 0.142. The Morgan fingerprint density at radius 1 is 1.37 bits per heavy atom. The summed E-state index contributed by atoms with van der Waals surface area (Å²) < 4.78 is 27.2. The lowest BCUT2D eigenvalue weighted by molar-refractivity contribution is 0.102. The molecular formula is C12H10ClF2N3O. The fourth-order valence-corrected chi connectivity index (χ4v) is 1.92. The molecule has 0 bridgehead atoms. The van der Waals surface area contributed by atoms with E-state index in [2.05, 4.69) is 10.4 Å². The number of anilines is 1. The molecule has 1 aromatic heterocycles. The van der Waals surface area contributed by atoms with Crippen molar-refractivity contribution in [2.75, 3.05) is 5.32 Å². The van der Waals surface area contributed by atoms with Gasteiger partial charge in [0.15, 0.2) is 11.6 Å². The van der Waals surface area contributed by atoms with E-state index >= 15 is 0 Å². The normalized spacial score (nSPS) is 10.6. The number of halogens is 3. The number of nitrogens with zero attached hydrogens (tertiary/aromatic N) is 2. The Morgan fingerprint density at radius 2 is 2.05 bits per heavy atom. The highest BCUT2D eigenvalue weighted by atomic mass is 35.5. The number of hydrogen-bond acceptors (Lipinski definition) is 2. The van der Waals surface area contributed by atoms with Crippen LogP contribution in [0.5, 0.6) is 0 Å². The molecule has 0 saturated carbocycles. The monoisotopic (exact) mass is 285 g/mol. The van der Waals surface area contributed by atoms with Crippen LogP contribution in [-0.2, 0) is 7.05 Å². The van der Waals surface area contributed by atoms with Gasteiger partial charge in [-0.3, -0.25) is 9.48 Å². The zero-order valence-electron chi connectivity index (χ0n) is 10.2. The number of aryl methyl sites for hydroxylation is 2. The van der Waals surface area contributed by atoms with E-state index in [1.54, 1.807) is 14.0 Å². The Morgan fingerprint density at radius 3 is 2.58 bits per heavy atom. The first kappa shape index (κ1) is 13.5. The number of aromatic nitrogens is 2. The van der Waals surface area contributed by atoms with Crippen molar-refractivity contribution in [1.82, 2.24) is 9.78 Å². The van der Waals surface area contributed by atoms with E-state index in [1.165, 1.54) is 10.7 Å². The summed E-state index contributed by atoms with van der Waals surface area (Å²) in [7, 11) is 1.60. The predicted molar refractivity (Wildman–Crippen MR) is 67.3 cm³/mol. The lowest BCUT2D eigenvalue weighted by Gasteiger charge is -2.05. The average Bonchev–Trinajstić information content (AvgIpc) is 2.58. The summed E-state index contributed by atoms with van der Waals surface area (Å²) in [6.07, 6.45) is 0. The lowest BCUT2D eigenvalue weighted by atomic mass is 10.2. The van der Waals surface area contributed by atoms with Gasteiger partial charge in [-0.15, -0.1) is 0 Å². The Bertz CT molecular complexity index is 655. The standard InChI is InChI=1S/C12H10ClF2N3O/c1-6-10(11(13)18(2)17-6)12(19)16-7-3-4-8(14)9(15)5-7/h3-5H,1-2H3,(H,16,19). The number of amides is 1. The smallest absolute Gasteiger partial charge is 0.260 e. The molecule has 4 nitrogen and oxygen atoms in total. The van der Waals surface area contributed by atoms with Crippen molar-refractivity contribution in [3.8, 4) is 0 Å². The van der Waals surface area contributed by atoms with Gasteiger partial charge in [0.2, 0.25) is 0 Å². The summed E-state index contributed by atoms with van der Waals surface area (Å²) >= 11 is 5.94. The quantitative estimate of drug-likeness (QED) is 0.922. The van der Waals surface area contributed by atoms with Crippen molar-refractivity contribution in [3.05, 3.63) is 46.2 Å². The maximum absolute atomic E-state index is 13.0. The van der Waals surface area contributed by atoms with Crippen LogP contribution < -0.4 is 5.32 Å². The van der Waals surface area contributed by atoms with E-state index in [9.17, 15) is 13.6 Å². The Hall–Kier alpha value is -1.95. The van der Waals surface area contributed by atoms with Crippen LogP contribution in [0.4, 0.5) is 14.5 Å². The van der Waals surface area contributed by atoms with Crippen molar-refractivity contribution in [3.63, 3.8) is 0 Å². The molecule has 0 aliphatic carbocycles. The van der Waals surface area contributed by atoms with Gasteiger partial charge >= 0.3 is 0 Å². The lowest BCUT2D eigenvalue weighted by Crippen LogP contribution is -2.13. The van der Waals surface area contributed by atoms with Crippen LogP contribution in [0.1, 0.15) is 16.1 Å². The average molecular weight is 286 g/mol. The molecule has 7 heteroatoms. The van der Waals surface area contributed by atoms with Gasteiger partial charge in [-0.05, 0) is 19.1 Å². The highest BCUT2D eigenvalue weighted by Gasteiger charge is 2.19. The molecule has 0 aliphatic rings. The fourth-order valence-electron chi connectivity index (χ4n) is 1.66. The minimum Gasteiger partial charge on any atom is -0.322 e. The van der Waals surface area contributed by atoms with Gasteiger partial charge < -0.3 is 5.32 Å². The topological polar surface area (TPSA) is 46.9 Å². The molecule has 19 heavy (non-hydrogen) atoms. The first-order valence-corrected chi connectivity index (χ1v) is 5.73. The highest BCUT2D eigenvalue weighted by molar-refractivity contribution is 6.33. The summed E-state index contributed by atoms with van der Waals surface area (Å²) in [4.78, 5) is 12.0. The molecule has 0 spiro atoms. The second-order valence-corrected chi connectivity index (χ2v) is 4.32. The van der Waals surface area contributed by atoms with Gasteiger partial charge in [0.05, 0.1) is 11.3 Å². The first-order valence-electron chi connectivity index (χ1n) is 5.35. The van der Waals surface area contributed by atoms with Crippen molar-refractivity contribution in [2.24, 2.45) is 7.05 Å². The summed E-state index contributed by atoms with van der Waals surface area (Å²) in [5, 5.41) is 6.61. The van der Waals surface area contributed by atoms with E-state index in [-0.39, 0.29) is 16.4 Å². The van der Waals surface area contributed by atoms with Crippen LogP contribution in [0.3, 0.4) is 0 Å². The summed E-state index contributed by atoms with van der Waals surface area (Å²) in [6.45, 7) is 1.63. The highest BCUT2D eigenvalue weighted by Crippen LogP contribution is 2.21. The van der Waals surface area contributed by atoms with E-state index in [4.69, 9.17) is 11.6 Å². The number of carbonyl (C=O) groups excluding carboxylic acids is 1. The van der Waals surface area contributed by atoms with E-state index in [0.717, 1.165) is 12.1 Å². The Kier molecular flexibility index (Phi) is 3.53. The molecule has 1 amide bonds. The number of nitrogens with one attached hydrogen (secondary N) is 1. The van der Waals surface area contributed by atoms with Gasteiger partial charge in [-0.2, -0.15) is 5.10 Å².